The van der Waals surface area contributed by atoms with Crippen LogP contribution in [0.25, 0.3) is 0 Å². The van der Waals surface area contributed by atoms with E-state index in [9.17, 15) is 20.4 Å². The molecule has 0 radical (unpaired) electrons. The standard InChI is InChI=1S/C44H80O4/c1-25(2)34-20-32(17-18-33(46)19-30-13-15-31(16-14-30)22-41(7,8)9)27(4)37-35(34)23-42(10)24-43(11)21-26(3)36(29(6)45)40(48)44(43,12)28(5)38(42)39(37)47/h25-40,45-48H,13-24H2,1-12H3. The van der Waals surface area contributed by atoms with E-state index in [1.54, 1.807) is 0 Å². The SMILES string of the molecule is CC(C)C1CC(CCC(O)CC2CCC(CC(C)(C)C)CC2)C(C)C2C(O)C3C(C)C4(C)C(O)C(C(C)O)C(C)CC4(C)CC3(C)CC12. The number of aliphatic hydroxyl groups is 4. The highest BCUT2D eigenvalue weighted by molar-refractivity contribution is 5.19. The van der Waals surface area contributed by atoms with Crippen LogP contribution in [0.15, 0.2) is 0 Å². The predicted octanol–water partition coefficient (Wildman–Crippen LogP) is 9.76. The first-order chi connectivity index (χ1) is 22.1. The molecule has 16 unspecified atom stereocenters. The molecule has 4 N–H and O–H groups in total. The fourth-order valence-corrected chi connectivity index (χ4v) is 14.8. The minimum atomic E-state index is -0.578. The Morgan fingerprint density at radius 2 is 1.46 bits per heavy atom. The first-order valence-corrected chi connectivity index (χ1v) is 20.9. The third-order valence-electron chi connectivity index (χ3n) is 17.0. The van der Waals surface area contributed by atoms with Crippen LogP contribution in [0.2, 0.25) is 0 Å². The summed E-state index contributed by atoms with van der Waals surface area (Å²) in [4.78, 5) is 0. The van der Waals surface area contributed by atoms with E-state index in [-0.39, 0.29) is 58.0 Å². The van der Waals surface area contributed by atoms with Crippen LogP contribution >= 0.6 is 0 Å². The minimum absolute atomic E-state index is 0.0349. The van der Waals surface area contributed by atoms with Gasteiger partial charge in [0.1, 0.15) is 0 Å². The topological polar surface area (TPSA) is 80.9 Å². The van der Waals surface area contributed by atoms with Crippen LogP contribution in [-0.4, -0.2) is 44.8 Å². The molecule has 0 aliphatic heterocycles. The Bertz CT molecular complexity index is 1070. The molecule has 4 nitrogen and oxygen atoms in total. The van der Waals surface area contributed by atoms with Gasteiger partial charge in [-0.15, -0.1) is 0 Å². The highest BCUT2D eigenvalue weighted by atomic mass is 16.3. The van der Waals surface area contributed by atoms with E-state index in [1.807, 2.05) is 6.92 Å². The Morgan fingerprint density at radius 1 is 0.854 bits per heavy atom. The van der Waals surface area contributed by atoms with Gasteiger partial charge in [-0.25, -0.2) is 0 Å². The van der Waals surface area contributed by atoms with Gasteiger partial charge < -0.3 is 20.4 Å². The fraction of sp³-hybridized carbons (Fsp3) is 1.00. The molecular formula is C44H80O4. The molecule has 5 saturated carbocycles. The maximum absolute atomic E-state index is 12.7. The van der Waals surface area contributed by atoms with Gasteiger partial charge in [0.05, 0.1) is 24.4 Å². The molecule has 4 heteroatoms. The second-order valence-electron chi connectivity index (χ2n) is 21.7. The lowest BCUT2D eigenvalue weighted by Crippen LogP contribution is -2.70. The molecule has 0 aromatic heterocycles. The molecule has 0 bridgehead atoms. The summed E-state index contributed by atoms with van der Waals surface area (Å²) in [7, 11) is 0. The summed E-state index contributed by atoms with van der Waals surface area (Å²) < 4.78 is 0. The molecule has 0 heterocycles. The monoisotopic (exact) mass is 673 g/mol. The van der Waals surface area contributed by atoms with Crippen LogP contribution in [0.5, 0.6) is 0 Å². The molecule has 0 aromatic rings. The number of hydrogen-bond donors (Lipinski definition) is 4. The Morgan fingerprint density at radius 3 is 2.02 bits per heavy atom. The van der Waals surface area contributed by atoms with Crippen molar-refractivity contribution in [3.8, 4) is 0 Å². The van der Waals surface area contributed by atoms with E-state index in [2.05, 4.69) is 76.2 Å². The molecule has 5 rings (SSSR count). The van der Waals surface area contributed by atoms with Crippen LogP contribution in [-0.2, 0) is 0 Å². The van der Waals surface area contributed by atoms with Crippen molar-refractivity contribution in [2.24, 2.45) is 92.7 Å². The lowest BCUT2D eigenvalue weighted by molar-refractivity contribution is -0.281. The van der Waals surface area contributed by atoms with Gasteiger partial charge in [0, 0.05) is 11.3 Å². The molecule has 5 fully saturated rings. The lowest BCUT2D eigenvalue weighted by Gasteiger charge is -2.72. The molecular weight excluding hydrogens is 592 g/mol. The van der Waals surface area contributed by atoms with E-state index < -0.39 is 12.2 Å². The average molecular weight is 673 g/mol. The molecule has 5 aliphatic rings. The lowest BCUT2D eigenvalue weighted by atomic mass is 9.33. The zero-order valence-corrected chi connectivity index (χ0v) is 33.5. The summed E-state index contributed by atoms with van der Waals surface area (Å²) >= 11 is 0. The van der Waals surface area contributed by atoms with Crippen LogP contribution < -0.4 is 0 Å². The van der Waals surface area contributed by atoms with E-state index in [0.29, 0.717) is 40.9 Å². The minimum Gasteiger partial charge on any atom is -0.393 e. The van der Waals surface area contributed by atoms with Gasteiger partial charge in [-0.3, -0.25) is 0 Å². The van der Waals surface area contributed by atoms with Gasteiger partial charge in [-0.1, -0.05) is 102 Å². The number of aliphatic hydroxyl groups excluding tert-OH is 4. The van der Waals surface area contributed by atoms with Gasteiger partial charge in [0.25, 0.3) is 0 Å². The van der Waals surface area contributed by atoms with Gasteiger partial charge in [0.15, 0.2) is 0 Å². The summed E-state index contributed by atoms with van der Waals surface area (Å²) in [5.41, 5.74) is 0.0554. The third kappa shape index (κ3) is 6.99. The van der Waals surface area contributed by atoms with Crippen molar-refractivity contribution in [3.63, 3.8) is 0 Å². The summed E-state index contributed by atoms with van der Waals surface area (Å²) in [5, 5.41) is 47.0. The molecule has 0 saturated heterocycles. The number of hydrogen-bond acceptors (Lipinski definition) is 4. The van der Waals surface area contributed by atoms with Gasteiger partial charge in [-0.2, -0.15) is 0 Å². The van der Waals surface area contributed by atoms with Crippen molar-refractivity contribution in [3.05, 3.63) is 0 Å². The molecule has 0 spiro atoms. The van der Waals surface area contributed by atoms with Crippen LogP contribution in [0.3, 0.4) is 0 Å². The molecule has 16 atom stereocenters. The maximum Gasteiger partial charge on any atom is 0.0656 e. The summed E-state index contributed by atoms with van der Waals surface area (Å²) in [5.74, 6) is 4.92. The third-order valence-corrected chi connectivity index (χ3v) is 17.0. The van der Waals surface area contributed by atoms with Crippen molar-refractivity contribution in [1.29, 1.82) is 0 Å². The van der Waals surface area contributed by atoms with E-state index in [4.69, 9.17) is 0 Å². The second kappa shape index (κ2) is 14.0. The van der Waals surface area contributed by atoms with Crippen molar-refractivity contribution >= 4 is 0 Å². The Hall–Kier alpha value is -0.160. The Labute approximate surface area is 297 Å². The molecule has 48 heavy (non-hydrogen) atoms. The van der Waals surface area contributed by atoms with Crippen molar-refractivity contribution in [2.45, 2.75) is 185 Å². The molecule has 0 aromatic carbocycles. The van der Waals surface area contributed by atoms with E-state index in [1.165, 1.54) is 44.9 Å². The van der Waals surface area contributed by atoms with Gasteiger partial charge in [-0.05, 0) is 140 Å². The van der Waals surface area contributed by atoms with Crippen LogP contribution in [0.1, 0.15) is 160 Å². The van der Waals surface area contributed by atoms with E-state index >= 15 is 0 Å². The zero-order chi connectivity index (χ0) is 35.7. The Balaban J connectivity index is 1.30. The largest absolute Gasteiger partial charge is 0.393 e. The number of rotatable bonds is 8. The second-order valence-corrected chi connectivity index (χ2v) is 21.7. The highest BCUT2D eigenvalue weighted by Gasteiger charge is 2.70. The first kappa shape index (κ1) is 39.1. The smallest absolute Gasteiger partial charge is 0.0656 e. The zero-order valence-electron chi connectivity index (χ0n) is 33.5. The highest BCUT2D eigenvalue weighted by Crippen LogP contribution is 2.73. The quantitative estimate of drug-likeness (QED) is 0.207. The van der Waals surface area contributed by atoms with Crippen LogP contribution in [0.4, 0.5) is 0 Å². The van der Waals surface area contributed by atoms with E-state index in [0.717, 1.165) is 38.0 Å². The predicted molar refractivity (Wildman–Crippen MR) is 199 cm³/mol. The van der Waals surface area contributed by atoms with Gasteiger partial charge >= 0.3 is 0 Å². The van der Waals surface area contributed by atoms with Crippen molar-refractivity contribution in [2.75, 3.05) is 0 Å². The maximum atomic E-state index is 12.7. The summed E-state index contributed by atoms with van der Waals surface area (Å²) in [6.07, 6.45) is 12.3. The van der Waals surface area contributed by atoms with Crippen molar-refractivity contribution < 1.29 is 20.4 Å². The number of fused-ring (bicyclic) bond motifs is 3. The normalized spacial score (nSPS) is 51.1. The summed E-state index contributed by atoms with van der Waals surface area (Å²) in [6, 6.07) is 0. The summed E-state index contributed by atoms with van der Waals surface area (Å²) in [6.45, 7) is 28.1. The van der Waals surface area contributed by atoms with Crippen LogP contribution in [0, 0.1) is 92.7 Å². The first-order valence-electron chi connectivity index (χ1n) is 20.9. The van der Waals surface area contributed by atoms with Gasteiger partial charge in [0.2, 0.25) is 0 Å². The molecule has 5 aliphatic carbocycles. The average Bonchev–Trinajstić information content (AvgIpc) is 2.94. The molecule has 0 amide bonds. The van der Waals surface area contributed by atoms with Crippen molar-refractivity contribution in [1.82, 2.24) is 0 Å². The fourth-order valence-electron chi connectivity index (χ4n) is 14.8. The molecule has 280 valence electrons. The Kier molecular flexibility index (Phi) is 11.4.